The minimum absolute atomic E-state index is 0.0506. The quantitative estimate of drug-likeness (QED) is 0.0636. The third-order valence-electron chi connectivity index (χ3n) is 6.80. The number of hydrogen-bond donors (Lipinski definition) is 3. The highest BCUT2D eigenvalue weighted by Gasteiger charge is 2.59. The molecule has 0 radical (unpaired) electrons. The number of hydrogen-bond acceptors (Lipinski definition) is 14. The summed E-state index contributed by atoms with van der Waals surface area (Å²) in [5.41, 5.74) is -4.44. The smallest absolute Gasteiger partial charge is 0.469 e. The summed E-state index contributed by atoms with van der Waals surface area (Å²) in [6, 6.07) is 0. The molecule has 0 spiro atoms. The van der Waals surface area contributed by atoms with E-state index in [1.165, 1.54) is 41.5 Å². The van der Waals surface area contributed by atoms with Gasteiger partial charge in [-0.25, -0.2) is 14.7 Å². The second-order valence-corrected chi connectivity index (χ2v) is 12.5. The van der Waals surface area contributed by atoms with Crippen LogP contribution in [0.4, 0.5) is 0 Å². The number of methoxy groups -OCH3 is 3. The first kappa shape index (κ1) is 53.0. The standard InChI is InChI=1S/C12H22O5.C10H16O4.C10H17O4.C2H5O.2C2H6/c1-5-17-11(14)12(15,7-6-9(2)3)8-10(13)16-4;1-7(2)4-5-10(9(12)14-10)6-8(11)13-3;1-8(2)4-5-10(13,7-11)6-9(12)14-3;1-2-3;2*1-2/h9,15H,5-8H2,1-4H3;7H,4-6H2,1-3H3;8,13H,4-6H2,1-3H3;2-3H,1H3;2*1-2H3/q;;2*+1;;/i5T;;;2T;;. The van der Waals surface area contributed by atoms with E-state index in [0.29, 0.717) is 31.1 Å². The van der Waals surface area contributed by atoms with Crippen LogP contribution in [0.15, 0.2) is 0 Å². The van der Waals surface area contributed by atoms with Crippen LogP contribution in [-0.2, 0) is 52.5 Å². The average molecular weight is 757 g/mol. The minimum atomic E-state index is -1.91. The lowest BCUT2D eigenvalue weighted by molar-refractivity contribution is -0.172. The monoisotopic (exact) mass is 757 g/mol. The lowest BCUT2D eigenvalue weighted by atomic mass is 9.90. The maximum absolute atomic E-state index is 11.7. The largest absolute Gasteiger partial charge is 0.544 e. The molecule has 1 fully saturated rings. The lowest BCUT2D eigenvalue weighted by Gasteiger charge is -2.25. The van der Waals surface area contributed by atoms with Crippen molar-refractivity contribution in [1.29, 1.82) is 0 Å². The van der Waals surface area contributed by atoms with E-state index in [0.717, 1.165) is 6.42 Å². The summed E-state index contributed by atoms with van der Waals surface area (Å²) >= 11 is 0. The first-order valence-corrected chi connectivity index (χ1v) is 17.8. The fourth-order valence-corrected chi connectivity index (χ4v) is 3.66. The summed E-state index contributed by atoms with van der Waals surface area (Å²) in [7, 11) is 3.71. The summed E-state index contributed by atoms with van der Waals surface area (Å²) in [5.74, 6) is -1.75. The minimum Gasteiger partial charge on any atom is -0.469 e. The summed E-state index contributed by atoms with van der Waals surface area (Å²) in [6.07, 6.45) is 3.84. The Bertz CT molecular complexity index is 1000. The molecule has 3 N–H and O–H groups in total. The molecule has 1 saturated heterocycles. The van der Waals surface area contributed by atoms with Crippen molar-refractivity contribution in [2.75, 3.05) is 27.9 Å². The summed E-state index contributed by atoms with van der Waals surface area (Å²) < 4.78 is 36.1. The number of ether oxygens (including phenoxy) is 5. The average Bonchev–Trinajstić information content (AvgIpc) is 3.74. The Morgan fingerprint density at radius 1 is 0.846 bits per heavy atom. The van der Waals surface area contributed by atoms with E-state index in [-0.39, 0.29) is 50.1 Å². The number of aliphatic hydroxyl groups excluding tert-OH is 1. The van der Waals surface area contributed by atoms with Gasteiger partial charge in [0.2, 0.25) is 12.2 Å². The Balaban J connectivity index is -0.000000203. The molecule has 52 heavy (non-hydrogen) atoms. The molecule has 0 saturated carbocycles. The number of rotatable bonds is 18. The van der Waals surface area contributed by atoms with Gasteiger partial charge in [-0.1, -0.05) is 69.2 Å². The Morgan fingerprint density at radius 3 is 1.56 bits per heavy atom. The predicted molar refractivity (Wildman–Crippen MR) is 198 cm³/mol. The Kier molecular flexibility index (Phi) is 34.2. The molecule has 0 aromatic heterocycles. The molecule has 4 unspecified atom stereocenters. The van der Waals surface area contributed by atoms with Crippen molar-refractivity contribution in [2.45, 2.75) is 158 Å². The van der Waals surface area contributed by atoms with Crippen LogP contribution >= 0.6 is 0 Å². The Morgan fingerprint density at radius 2 is 1.23 bits per heavy atom. The normalized spacial score (nSPS) is 16.9. The van der Waals surface area contributed by atoms with Gasteiger partial charge in [0.05, 0.1) is 42.1 Å². The van der Waals surface area contributed by atoms with Crippen LogP contribution in [0.25, 0.3) is 0 Å². The highest BCUT2D eigenvalue weighted by molar-refractivity contribution is 5.96. The van der Waals surface area contributed by atoms with Crippen LogP contribution in [0, 0.1) is 24.3 Å². The first-order valence-electron chi connectivity index (χ1n) is 18.9. The second-order valence-electron chi connectivity index (χ2n) is 12.5. The number of aliphatic hydroxyl groups is 3. The molecule has 1 heterocycles. The van der Waals surface area contributed by atoms with Gasteiger partial charge in [0.1, 0.15) is 13.3 Å². The van der Waals surface area contributed by atoms with Crippen molar-refractivity contribution in [1.82, 2.24) is 0 Å². The number of epoxide rings is 1. The number of cyclic esters (lactones) is 1. The van der Waals surface area contributed by atoms with Gasteiger partial charge in [-0.15, -0.1) is 0 Å². The molecule has 306 valence electrons. The lowest BCUT2D eigenvalue weighted by Crippen LogP contribution is -2.42. The zero-order valence-corrected chi connectivity index (χ0v) is 34.5. The molecular formula is C38H72O14+2. The van der Waals surface area contributed by atoms with Crippen LogP contribution in [0.5, 0.6) is 0 Å². The number of esters is 4. The topological polar surface area (TPSA) is 213 Å². The van der Waals surface area contributed by atoms with Gasteiger partial charge in [0, 0.05) is 11.2 Å². The van der Waals surface area contributed by atoms with Gasteiger partial charge in [0.15, 0.2) is 5.60 Å². The van der Waals surface area contributed by atoms with Gasteiger partial charge >= 0.3 is 43.1 Å². The fourth-order valence-electron chi connectivity index (χ4n) is 3.66. The zero-order chi connectivity index (χ0) is 43.9. The van der Waals surface area contributed by atoms with E-state index >= 15 is 0 Å². The summed E-state index contributed by atoms with van der Waals surface area (Å²) in [6.45, 7) is 21.2. The Labute approximate surface area is 316 Å². The van der Waals surface area contributed by atoms with Crippen LogP contribution in [0.3, 0.4) is 0 Å². The molecule has 1 aliphatic rings. The molecule has 0 bridgehead atoms. The number of carbonyl (C=O) groups is 5. The van der Waals surface area contributed by atoms with Gasteiger partial charge in [-0.2, -0.15) is 0 Å². The molecule has 14 nitrogen and oxygen atoms in total. The highest BCUT2D eigenvalue weighted by Crippen LogP contribution is 2.39. The predicted octanol–water partition coefficient (Wildman–Crippen LogP) is 5.98. The van der Waals surface area contributed by atoms with Gasteiger partial charge in [-0.3, -0.25) is 14.4 Å². The summed E-state index contributed by atoms with van der Waals surface area (Å²) in [5, 5.41) is 27.5. The summed E-state index contributed by atoms with van der Waals surface area (Å²) in [4.78, 5) is 66.4. The molecule has 0 amide bonds. The van der Waals surface area contributed by atoms with Gasteiger partial charge in [0.25, 0.3) is 0 Å². The molecule has 1 aliphatic heterocycles. The maximum Gasteiger partial charge on any atom is 0.544 e. The van der Waals surface area contributed by atoms with E-state index in [1.807, 2.05) is 55.4 Å². The molecule has 4 atom stereocenters. The van der Waals surface area contributed by atoms with E-state index < -0.39 is 47.7 Å². The van der Waals surface area contributed by atoms with Crippen LogP contribution in [0.2, 0.25) is 0 Å². The van der Waals surface area contributed by atoms with Crippen LogP contribution in [-0.4, -0.2) is 96.2 Å². The van der Waals surface area contributed by atoms with Gasteiger partial charge in [-0.05, 0) is 56.8 Å². The van der Waals surface area contributed by atoms with Gasteiger partial charge < -0.3 is 33.9 Å². The second kappa shape index (κ2) is 33.5. The molecule has 0 aliphatic carbocycles. The molecular weight excluding hydrogens is 680 g/mol. The zero-order valence-electron chi connectivity index (χ0n) is 36.5. The van der Waals surface area contributed by atoms with Crippen molar-refractivity contribution >= 4 is 36.1 Å². The van der Waals surface area contributed by atoms with E-state index in [9.17, 15) is 39.0 Å². The maximum atomic E-state index is 11.7. The fraction of sp³-hybridized carbons (Fsp3) is 0.816. The van der Waals surface area contributed by atoms with Crippen molar-refractivity contribution in [3.63, 3.8) is 0 Å². The van der Waals surface area contributed by atoms with Crippen molar-refractivity contribution in [3.8, 4) is 0 Å². The molecule has 0 aromatic carbocycles. The number of carbonyl (C=O) groups excluding carboxylic acids is 6. The van der Waals surface area contributed by atoms with Crippen molar-refractivity contribution in [2.24, 2.45) is 17.8 Å². The SMILES string of the molecule is CC.CC.COC(=O)CC(O)([C+]=O)CCC(C)C.COC(=O)CC1(CCC(C)C)OC1=O.[3H]C(C)OC(=O)C(O)(CCC(C)C)CC(=O)OC.[3H][C+](C)O. The van der Waals surface area contributed by atoms with Crippen molar-refractivity contribution in [3.05, 3.63) is 6.58 Å². The molecule has 0 aromatic rings. The third-order valence-corrected chi connectivity index (χ3v) is 6.80. The van der Waals surface area contributed by atoms with E-state index in [1.54, 1.807) is 0 Å². The highest BCUT2D eigenvalue weighted by atomic mass is 16.7. The third kappa shape index (κ3) is 30.3. The van der Waals surface area contributed by atoms with E-state index in [2.05, 4.69) is 32.8 Å². The molecule has 14 heteroatoms. The van der Waals surface area contributed by atoms with E-state index in [4.69, 9.17) is 12.6 Å². The Hall–Kier alpha value is -3.32. The molecule has 1 rings (SSSR count). The van der Waals surface area contributed by atoms with Crippen LogP contribution in [0.1, 0.15) is 144 Å². The van der Waals surface area contributed by atoms with Crippen molar-refractivity contribution < 1.29 is 70.5 Å². The first-order chi connectivity index (χ1) is 24.9. The van der Waals surface area contributed by atoms with Crippen LogP contribution < -0.4 is 0 Å².